The molecule has 0 aliphatic heterocycles. The molecule has 0 fully saturated rings. The summed E-state index contributed by atoms with van der Waals surface area (Å²) in [6.07, 6.45) is 7.62. The Hall–Kier alpha value is -3.87. The molecule has 0 radical (unpaired) electrons. The van der Waals surface area contributed by atoms with Gasteiger partial charge < -0.3 is 35.4 Å². The van der Waals surface area contributed by atoms with Gasteiger partial charge in [0, 0.05) is 11.1 Å². The van der Waals surface area contributed by atoms with Crippen molar-refractivity contribution in [3.05, 3.63) is 130 Å². The van der Waals surface area contributed by atoms with Gasteiger partial charge in [0.15, 0.2) is 16.9 Å². The Morgan fingerprint density at radius 2 is 1.20 bits per heavy atom. The molecule has 0 aliphatic carbocycles. The third-order valence-electron chi connectivity index (χ3n) is 8.08. The lowest BCUT2D eigenvalue weighted by molar-refractivity contribution is -0.870. The Balaban J connectivity index is 0.00000480. The van der Waals surface area contributed by atoms with Crippen molar-refractivity contribution in [3.63, 3.8) is 0 Å². The van der Waals surface area contributed by atoms with Crippen LogP contribution in [0.1, 0.15) is 55.2 Å². The van der Waals surface area contributed by atoms with Gasteiger partial charge in [0.1, 0.15) is 24.6 Å². The van der Waals surface area contributed by atoms with E-state index in [1.54, 1.807) is 0 Å². The predicted octanol–water partition coefficient (Wildman–Crippen LogP) is 6.21. The quantitative estimate of drug-likeness (QED) is 0.0917. The molecule has 6 heteroatoms. The molecule has 0 spiro atoms. The molecule has 0 N–H and O–H groups in total. The molecule has 4 aromatic carbocycles. The van der Waals surface area contributed by atoms with Crippen molar-refractivity contribution < 1.29 is 35.4 Å². The second kappa shape index (κ2) is 17.2. The number of fused-ring (bicyclic) bond motifs is 1. The number of unbranched alkanes of at least 4 members (excludes halogenated alkanes) is 5. The lowest BCUT2D eigenvalue weighted by Gasteiger charge is -2.23. The summed E-state index contributed by atoms with van der Waals surface area (Å²) in [6.45, 7) is 2.03. The van der Waals surface area contributed by atoms with E-state index < -0.39 is 0 Å². The highest BCUT2D eigenvalue weighted by molar-refractivity contribution is 5.80. The summed E-state index contributed by atoms with van der Waals surface area (Å²) in [7, 11) is 6.74. The number of halogens is 1. The maximum absolute atomic E-state index is 13.8. The smallest absolute Gasteiger partial charge is 0.196 e. The number of para-hydroxylation sites is 1. The van der Waals surface area contributed by atoms with E-state index in [0.29, 0.717) is 47.9 Å². The minimum atomic E-state index is 0. The number of quaternary nitrogens is 1. The Morgan fingerprint density at radius 1 is 0.630 bits per heavy atom. The zero-order chi connectivity index (χ0) is 31.5. The fourth-order valence-corrected chi connectivity index (χ4v) is 5.59. The van der Waals surface area contributed by atoms with Gasteiger partial charge in [-0.25, -0.2) is 0 Å². The molecule has 0 atom stereocenters. The zero-order valence-corrected chi connectivity index (χ0v) is 28.9. The number of hydrogen-bond acceptors (Lipinski definition) is 4. The van der Waals surface area contributed by atoms with E-state index in [4.69, 9.17) is 13.9 Å². The van der Waals surface area contributed by atoms with Crippen LogP contribution in [0, 0.1) is 0 Å². The summed E-state index contributed by atoms with van der Waals surface area (Å²) in [5.74, 6) is 1.87. The molecule has 5 rings (SSSR count). The molecular formula is C40H46BrNO4. The average molecular weight is 685 g/mol. The summed E-state index contributed by atoms with van der Waals surface area (Å²) in [5, 5.41) is 0.625. The van der Waals surface area contributed by atoms with Gasteiger partial charge in [0.25, 0.3) is 0 Å². The average Bonchev–Trinajstić information content (AvgIpc) is 3.05. The molecule has 0 aliphatic rings. The van der Waals surface area contributed by atoms with E-state index in [2.05, 4.69) is 21.1 Å². The van der Waals surface area contributed by atoms with Crippen LogP contribution in [0.25, 0.3) is 22.3 Å². The number of hydrogen-bond donors (Lipinski definition) is 0. The Labute approximate surface area is 284 Å². The molecule has 0 bridgehead atoms. The van der Waals surface area contributed by atoms with Crippen molar-refractivity contribution in [2.45, 2.75) is 58.2 Å². The van der Waals surface area contributed by atoms with Crippen LogP contribution in [0.15, 0.2) is 112 Å². The molecular weight excluding hydrogens is 638 g/mol. The van der Waals surface area contributed by atoms with Crippen molar-refractivity contribution in [3.8, 4) is 22.8 Å². The topological polar surface area (TPSA) is 48.7 Å². The standard InChI is InChI=1S/C40H46NO4.BrH/c1-41(2,3)27-17-7-5-4-6-14-23-35-39(42)34-22-15-16-24-36(34)45-40(35)33-25-26-37(43-29-31-18-10-8-11-19-31)38(28-33)44-30-32-20-12-9-13-21-32;/h8-13,15-16,18-22,24-26,28H,4-7,14,17,23,27,29-30H2,1-3H3;1H/q+1;/p-1. The van der Waals surface area contributed by atoms with Crippen LogP contribution >= 0.6 is 0 Å². The van der Waals surface area contributed by atoms with Gasteiger partial charge in [-0.15, -0.1) is 0 Å². The number of benzene rings is 4. The van der Waals surface area contributed by atoms with Crippen LogP contribution in [0.5, 0.6) is 11.5 Å². The minimum absolute atomic E-state index is 0. The van der Waals surface area contributed by atoms with E-state index in [1.807, 2.05) is 103 Å². The summed E-state index contributed by atoms with van der Waals surface area (Å²) in [5.41, 5.74) is 4.31. The molecule has 0 unspecified atom stereocenters. The van der Waals surface area contributed by atoms with Crippen LogP contribution < -0.4 is 31.9 Å². The first-order valence-corrected chi connectivity index (χ1v) is 16.2. The first-order valence-electron chi connectivity index (χ1n) is 16.2. The maximum Gasteiger partial charge on any atom is 0.196 e. The Kier molecular flexibility index (Phi) is 13.1. The van der Waals surface area contributed by atoms with E-state index in [1.165, 1.54) is 32.2 Å². The SMILES string of the molecule is C[N+](C)(C)CCCCCCCCc1c(-c2ccc(OCc3ccccc3)c(OCc3ccccc3)c2)oc2ccccc2c1=O.[Br-]. The van der Waals surface area contributed by atoms with Crippen LogP contribution in [-0.2, 0) is 19.6 Å². The van der Waals surface area contributed by atoms with Gasteiger partial charge in [-0.05, 0) is 67.1 Å². The van der Waals surface area contributed by atoms with Crippen LogP contribution in [0.3, 0.4) is 0 Å². The van der Waals surface area contributed by atoms with Gasteiger partial charge in [0.05, 0.1) is 33.1 Å². The maximum atomic E-state index is 13.8. The number of nitrogens with zero attached hydrogens (tertiary/aromatic N) is 1. The van der Waals surface area contributed by atoms with E-state index in [-0.39, 0.29) is 22.4 Å². The fourth-order valence-electron chi connectivity index (χ4n) is 5.59. The molecule has 46 heavy (non-hydrogen) atoms. The molecule has 5 nitrogen and oxygen atoms in total. The van der Waals surface area contributed by atoms with Gasteiger partial charge >= 0.3 is 0 Å². The van der Waals surface area contributed by atoms with Crippen molar-refractivity contribution in [2.24, 2.45) is 0 Å². The zero-order valence-electron chi connectivity index (χ0n) is 27.3. The van der Waals surface area contributed by atoms with Gasteiger partial charge in [-0.3, -0.25) is 4.79 Å². The second-order valence-electron chi connectivity index (χ2n) is 12.8. The normalized spacial score (nSPS) is 11.3. The third kappa shape index (κ3) is 10.1. The Morgan fingerprint density at radius 3 is 1.85 bits per heavy atom. The van der Waals surface area contributed by atoms with Crippen LogP contribution in [0.4, 0.5) is 0 Å². The molecule has 1 heterocycles. The number of ether oxygens (including phenoxy) is 2. The minimum Gasteiger partial charge on any atom is -1.00 e. The lowest BCUT2D eigenvalue weighted by Crippen LogP contribution is -3.00. The summed E-state index contributed by atoms with van der Waals surface area (Å²) >= 11 is 0. The fraction of sp³-hybridized carbons (Fsp3) is 0.325. The first kappa shape index (κ1) is 35.0. The third-order valence-corrected chi connectivity index (χ3v) is 8.08. The second-order valence-corrected chi connectivity index (χ2v) is 12.8. The first-order chi connectivity index (χ1) is 21.9. The molecule has 242 valence electrons. The van der Waals surface area contributed by atoms with Crippen molar-refractivity contribution >= 4 is 11.0 Å². The molecule has 0 amide bonds. The number of rotatable bonds is 16. The lowest BCUT2D eigenvalue weighted by atomic mass is 9.98. The monoisotopic (exact) mass is 683 g/mol. The van der Waals surface area contributed by atoms with Crippen molar-refractivity contribution in [1.29, 1.82) is 0 Å². The van der Waals surface area contributed by atoms with Crippen LogP contribution in [0.2, 0.25) is 0 Å². The highest BCUT2D eigenvalue weighted by atomic mass is 79.9. The van der Waals surface area contributed by atoms with Crippen LogP contribution in [-0.4, -0.2) is 32.2 Å². The van der Waals surface area contributed by atoms with Crippen molar-refractivity contribution in [2.75, 3.05) is 27.7 Å². The summed E-state index contributed by atoms with van der Waals surface area (Å²) in [6, 6.07) is 33.5. The van der Waals surface area contributed by atoms with Crippen molar-refractivity contribution in [1.82, 2.24) is 0 Å². The van der Waals surface area contributed by atoms with E-state index in [9.17, 15) is 4.79 Å². The van der Waals surface area contributed by atoms with Gasteiger partial charge in [0.2, 0.25) is 0 Å². The van der Waals surface area contributed by atoms with E-state index in [0.717, 1.165) is 39.6 Å². The molecule has 0 saturated heterocycles. The van der Waals surface area contributed by atoms with E-state index >= 15 is 0 Å². The summed E-state index contributed by atoms with van der Waals surface area (Å²) < 4.78 is 20.1. The van der Waals surface area contributed by atoms with Gasteiger partial charge in [-0.2, -0.15) is 0 Å². The molecule has 0 saturated carbocycles. The predicted molar refractivity (Wildman–Crippen MR) is 184 cm³/mol. The largest absolute Gasteiger partial charge is 1.00 e. The Bertz CT molecular complexity index is 1710. The molecule has 5 aromatic rings. The highest BCUT2D eigenvalue weighted by Crippen LogP contribution is 2.36. The highest BCUT2D eigenvalue weighted by Gasteiger charge is 2.18. The molecule has 1 aromatic heterocycles. The summed E-state index contributed by atoms with van der Waals surface area (Å²) in [4.78, 5) is 13.8. The van der Waals surface area contributed by atoms with Gasteiger partial charge in [-0.1, -0.05) is 92.1 Å².